The minimum atomic E-state index is -0.195. The van der Waals surface area contributed by atoms with Crippen LogP contribution in [0.15, 0.2) is 89.6 Å². The molecule has 7 heteroatoms. The van der Waals surface area contributed by atoms with Crippen LogP contribution in [0.5, 0.6) is 0 Å². The monoisotopic (exact) mass is 532 g/mol. The summed E-state index contributed by atoms with van der Waals surface area (Å²) in [5.41, 5.74) is 5.03. The Bertz CT molecular complexity index is 1650. The highest BCUT2D eigenvalue weighted by Gasteiger charge is 2.21. The number of nitrogens with zero attached hydrogens (tertiary/aromatic N) is 2. The minimum absolute atomic E-state index is 0.0582. The molecule has 3 aromatic carbocycles. The number of likely N-dealkylation sites (tertiary alicyclic amines) is 1. The highest BCUT2D eigenvalue weighted by molar-refractivity contribution is 6.13. The third-order valence-electron chi connectivity index (χ3n) is 7.74. The molecule has 202 valence electrons. The third-order valence-corrected chi connectivity index (χ3v) is 7.74. The van der Waals surface area contributed by atoms with Gasteiger partial charge >= 0.3 is 0 Å². The number of furan rings is 1. The Kier molecular flexibility index (Phi) is 7.29. The van der Waals surface area contributed by atoms with Gasteiger partial charge in [-0.2, -0.15) is 0 Å². The largest absolute Gasteiger partial charge is 0.450 e. The van der Waals surface area contributed by atoms with Crippen molar-refractivity contribution in [1.82, 2.24) is 15.2 Å². The number of hydrogen-bond donors (Lipinski definition) is 2. The van der Waals surface area contributed by atoms with Gasteiger partial charge in [0.05, 0.1) is 0 Å². The van der Waals surface area contributed by atoms with E-state index in [1.165, 1.54) is 12.5 Å². The maximum absolute atomic E-state index is 13.0. The van der Waals surface area contributed by atoms with Crippen molar-refractivity contribution in [3.63, 3.8) is 0 Å². The molecule has 0 saturated carbocycles. The summed E-state index contributed by atoms with van der Waals surface area (Å²) in [7, 11) is 0. The first-order valence-corrected chi connectivity index (χ1v) is 13.8. The average molecular weight is 533 g/mol. The molecule has 0 atom stereocenters. The fraction of sp³-hybridized carbons (Fsp3) is 0.242. The van der Waals surface area contributed by atoms with Gasteiger partial charge in [0, 0.05) is 48.9 Å². The van der Waals surface area contributed by atoms with Gasteiger partial charge in [0.2, 0.25) is 5.91 Å². The lowest BCUT2D eigenvalue weighted by atomic mass is 9.89. The standard InChI is InChI=1S/C33H32N4O3/c1-22(38)36-27-8-6-23(7-9-27)24-12-17-37(18-13-24)19-16-35-33(39)31-21-26-20-30(25-10-14-34-15-11-25)28-4-2-3-5-29(28)32(26)40-31/h2-11,14-15,20-21,24H,12-13,16-19H2,1H3,(H,35,39)(H,36,38). The predicted molar refractivity (Wildman–Crippen MR) is 158 cm³/mol. The van der Waals surface area contributed by atoms with Crippen LogP contribution in [0.3, 0.4) is 0 Å². The molecule has 0 aliphatic carbocycles. The number of amides is 2. The molecule has 7 nitrogen and oxygen atoms in total. The van der Waals surface area contributed by atoms with Crippen molar-refractivity contribution in [2.24, 2.45) is 0 Å². The van der Waals surface area contributed by atoms with Crippen molar-refractivity contribution in [1.29, 1.82) is 0 Å². The summed E-state index contributed by atoms with van der Waals surface area (Å²) >= 11 is 0. The average Bonchev–Trinajstić information content (AvgIpc) is 3.43. The first-order valence-electron chi connectivity index (χ1n) is 13.8. The maximum atomic E-state index is 13.0. The van der Waals surface area contributed by atoms with Gasteiger partial charge in [-0.25, -0.2) is 0 Å². The molecule has 0 unspecified atom stereocenters. The Hall–Kier alpha value is -4.49. The van der Waals surface area contributed by atoms with E-state index in [-0.39, 0.29) is 11.8 Å². The molecule has 1 aliphatic heterocycles. The number of fused-ring (bicyclic) bond motifs is 3. The smallest absolute Gasteiger partial charge is 0.287 e. The van der Waals surface area contributed by atoms with Crippen LogP contribution in [0.2, 0.25) is 0 Å². The highest BCUT2D eigenvalue weighted by Crippen LogP contribution is 2.36. The summed E-state index contributed by atoms with van der Waals surface area (Å²) in [6, 6.07) is 24.2. The zero-order valence-electron chi connectivity index (χ0n) is 22.5. The second-order valence-electron chi connectivity index (χ2n) is 10.4. The number of rotatable bonds is 7. The maximum Gasteiger partial charge on any atom is 0.287 e. The van der Waals surface area contributed by atoms with Crippen LogP contribution in [0, 0.1) is 0 Å². The molecule has 1 saturated heterocycles. The molecule has 2 N–H and O–H groups in total. The molecular weight excluding hydrogens is 500 g/mol. The first kappa shape index (κ1) is 25.8. The number of carbonyl (C=O) groups is 2. The summed E-state index contributed by atoms with van der Waals surface area (Å²) in [6.45, 7) is 4.86. The lowest BCUT2D eigenvalue weighted by molar-refractivity contribution is -0.114. The number of carbonyl (C=O) groups excluding carboxylic acids is 2. The van der Waals surface area contributed by atoms with E-state index in [1.807, 2.05) is 48.5 Å². The van der Waals surface area contributed by atoms with Crippen molar-refractivity contribution >= 4 is 39.2 Å². The third kappa shape index (κ3) is 5.46. The van der Waals surface area contributed by atoms with E-state index in [2.05, 4.69) is 44.8 Å². The lowest BCUT2D eigenvalue weighted by Crippen LogP contribution is -2.39. The topological polar surface area (TPSA) is 87.5 Å². The van der Waals surface area contributed by atoms with E-state index >= 15 is 0 Å². The second-order valence-corrected chi connectivity index (χ2v) is 10.4. The molecule has 3 heterocycles. The van der Waals surface area contributed by atoms with Crippen molar-refractivity contribution in [2.75, 3.05) is 31.5 Å². The Labute approximate surface area is 233 Å². The lowest BCUT2D eigenvalue weighted by Gasteiger charge is -2.32. The number of nitrogens with one attached hydrogen (secondary N) is 2. The normalized spacial score (nSPS) is 14.4. The highest BCUT2D eigenvalue weighted by atomic mass is 16.3. The van der Waals surface area contributed by atoms with Gasteiger partial charge in [-0.15, -0.1) is 0 Å². The number of hydrogen-bond acceptors (Lipinski definition) is 5. The molecule has 1 fully saturated rings. The number of piperidine rings is 1. The van der Waals surface area contributed by atoms with Crippen LogP contribution in [0.4, 0.5) is 5.69 Å². The first-order chi connectivity index (χ1) is 19.5. The van der Waals surface area contributed by atoms with Crippen LogP contribution >= 0.6 is 0 Å². The second kappa shape index (κ2) is 11.3. The van der Waals surface area contributed by atoms with E-state index in [4.69, 9.17) is 4.42 Å². The summed E-state index contributed by atoms with van der Waals surface area (Å²) in [5.74, 6) is 0.588. The van der Waals surface area contributed by atoms with Gasteiger partial charge < -0.3 is 20.0 Å². The number of benzene rings is 3. The van der Waals surface area contributed by atoms with Gasteiger partial charge in [0.25, 0.3) is 5.91 Å². The summed E-state index contributed by atoms with van der Waals surface area (Å²) in [6.07, 6.45) is 5.73. The quantitative estimate of drug-likeness (QED) is 0.260. The molecule has 2 amide bonds. The zero-order chi connectivity index (χ0) is 27.5. The van der Waals surface area contributed by atoms with Crippen molar-refractivity contribution in [3.8, 4) is 11.1 Å². The number of pyridine rings is 1. The summed E-state index contributed by atoms with van der Waals surface area (Å²) in [4.78, 5) is 30.8. The molecule has 40 heavy (non-hydrogen) atoms. The SMILES string of the molecule is CC(=O)Nc1ccc(C2CCN(CCNC(=O)c3cc4cc(-c5ccncc5)c5ccccc5c4o3)CC2)cc1. The van der Waals surface area contributed by atoms with Crippen molar-refractivity contribution < 1.29 is 14.0 Å². The van der Waals surface area contributed by atoms with Crippen LogP contribution < -0.4 is 10.6 Å². The molecule has 1 aliphatic rings. The van der Waals surface area contributed by atoms with Crippen LogP contribution in [0.25, 0.3) is 32.9 Å². The fourth-order valence-corrected chi connectivity index (χ4v) is 5.70. The van der Waals surface area contributed by atoms with Crippen LogP contribution in [-0.4, -0.2) is 47.9 Å². The number of anilines is 1. The van der Waals surface area contributed by atoms with E-state index in [0.29, 0.717) is 18.2 Å². The van der Waals surface area contributed by atoms with Crippen LogP contribution in [0.1, 0.15) is 41.8 Å². The van der Waals surface area contributed by atoms with Gasteiger partial charge in [-0.05, 0) is 90.3 Å². The summed E-state index contributed by atoms with van der Waals surface area (Å²) < 4.78 is 6.11. The van der Waals surface area contributed by atoms with E-state index < -0.39 is 0 Å². The molecule has 2 aromatic heterocycles. The van der Waals surface area contributed by atoms with Crippen LogP contribution in [-0.2, 0) is 4.79 Å². The molecule has 0 spiro atoms. The Balaban J connectivity index is 1.07. The zero-order valence-corrected chi connectivity index (χ0v) is 22.5. The molecule has 0 bridgehead atoms. The molecule has 0 radical (unpaired) electrons. The van der Waals surface area contributed by atoms with E-state index in [0.717, 1.165) is 71.0 Å². The van der Waals surface area contributed by atoms with E-state index in [1.54, 1.807) is 12.4 Å². The van der Waals surface area contributed by atoms with Gasteiger partial charge in [0.1, 0.15) is 5.58 Å². The van der Waals surface area contributed by atoms with Crippen molar-refractivity contribution in [2.45, 2.75) is 25.7 Å². The Morgan fingerprint density at radius 3 is 2.40 bits per heavy atom. The van der Waals surface area contributed by atoms with E-state index in [9.17, 15) is 9.59 Å². The molecular formula is C33H32N4O3. The van der Waals surface area contributed by atoms with Crippen molar-refractivity contribution in [3.05, 3.63) is 96.5 Å². The van der Waals surface area contributed by atoms with Gasteiger partial charge in [0.15, 0.2) is 5.76 Å². The molecule has 6 rings (SSSR count). The molecule has 5 aromatic rings. The fourth-order valence-electron chi connectivity index (χ4n) is 5.70. The Morgan fingerprint density at radius 1 is 0.950 bits per heavy atom. The van der Waals surface area contributed by atoms with Gasteiger partial charge in [-0.3, -0.25) is 14.6 Å². The minimum Gasteiger partial charge on any atom is -0.450 e. The number of aromatic nitrogens is 1. The Morgan fingerprint density at radius 2 is 1.68 bits per heavy atom. The summed E-state index contributed by atoms with van der Waals surface area (Å²) in [5, 5.41) is 8.84. The van der Waals surface area contributed by atoms with Gasteiger partial charge in [-0.1, -0.05) is 36.4 Å². The predicted octanol–water partition coefficient (Wildman–Crippen LogP) is 6.22.